The largest absolute Gasteiger partial charge is 0.466 e. The number of fused-ring (bicyclic) bond motifs is 1. The van der Waals surface area contributed by atoms with Crippen LogP contribution in [0.4, 0.5) is 0 Å². The van der Waals surface area contributed by atoms with Gasteiger partial charge in [-0.25, -0.2) is 0 Å². The van der Waals surface area contributed by atoms with Gasteiger partial charge in [-0.3, -0.25) is 14.5 Å². The summed E-state index contributed by atoms with van der Waals surface area (Å²) in [6, 6.07) is 10.6. The number of ether oxygens (including phenoxy) is 1. The standard InChI is InChI=1S/C28H38N4O3/c1-3-31-24(19-22-12-11-21(20-29)18-26(22)31)14-13-23-8-5-17-32(23)28(34)25-9-6-15-30(25)16-7-10-27(33)35-4-2/h11-12,18-19,23,25H,3-10,13-17H2,1-2H3. The van der Waals surface area contributed by atoms with Gasteiger partial charge >= 0.3 is 5.97 Å². The van der Waals surface area contributed by atoms with Crippen LogP contribution in [0.2, 0.25) is 0 Å². The third-order valence-corrected chi connectivity index (χ3v) is 7.61. The molecular formula is C28H38N4O3. The lowest BCUT2D eigenvalue weighted by molar-refractivity contribution is -0.143. The van der Waals surface area contributed by atoms with Crippen LogP contribution in [0.25, 0.3) is 10.9 Å². The average molecular weight is 479 g/mol. The number of aromatic nitrogens is 1. The number of carbonyl (C=O) groups is 2. The SMILES string of the molecule is CCOC(=O)CCCN1CCCC1C(=O)N1CCCC1CCc1cc2ccc(C#N)cc2n1CC. The van der Waals surface area contributed by atoms with Crippen molar-refractivity contribution in [2.24, 2.45) is 0 Å². The summed E-state index contributed by atoms with van der Waals surface area (Å²) in [6.07, 6.45) is 7.11. The van der Waals surface area contributed by atoms with E-state index >= 15 is 0 Å². The average Bonchev–Trinajstić information content (AvgIpc) is 3.60. The second-order valence-electron chi connectivity index (χ2n) is 9.73. The molecule has 2 aliphatic heterocycles. The van der Waals surface area contributed by atoms with Crippen LogP contribution in [-0.2, 0) is 27.3 Å². The molecule has 0 bridgehead atoms. The molecule has 7 nitrogen and oxygen atoms in total. The molecule has 2 unspecified atom stereocenters. The smallest absolute Gasteiger partial charge is 0.305 e. The highest BCUT2D eigenvalue weighted by atomic mass is 16.5. The van der Waals surface area contributed by atoms with Crippen molar-refractivity contribution in [2.75, 3.05) is 26.2 Å². The summed E-state index contributed by atoms with van der Waals surface area (Å²) < 4.78 is 7.34. The predicted molar refractivity (Wildman–Crippen MR) is 136 cm³/mol. The molecule has 0 saturated carbocycles. The summed E-state index contributed by atoms with van der Waals surface area (Å²) in [6.45, 7) is 7.80. The molecular weight excluding hydrogens is 440 g/mol. The topological polar surface area (TPSA) is 78.6 Å². The molecule has 0 radical (unpaired) electrons. The first kappa shape index (κ1) is 25.2. The van der Waals surface area contributed by atoms with Gasteiger partial charge in [0, 0.05) is 36.8 Å². The van der Waals surface area contributed by atoms with Crippen LogP contribution >= 0.6 is 0 Å². The van der Waals surface area contributed by atoms with E-state index in [1.165, 1.54) is 11.1 Å². The highest BCUT2D eigenvalue weighted by Crippen LogP contribution is 2.29. The molecule has 0 aliphatic carbocycles. The van der Waals surface area contributed by atoms with Crippen LogP contribution < -0.4 is 0 Å². The van der Waals surface area contributed by atoms with E-state index in [-0.39, 0.29) is 24.0 Å². The van der Waals surface area contributed by atoms with Crippen LogP contribution in [-0.4, -0.2) is 64.6 Å². The molecule has 35 heavy (non-hydrogen) atoms. The van der Waals surface area contributed by atoms with Gasteiger partial charge in [0.2, 0.25) is 5.91 Å². The van der Waals surface area contributed by atoms with E-state index in [9.17, 15) is 14.9 Å². The normalized spacial score (nSPS) is 20.4. The van der Waals surface area contributed by atoms with Crippen molar-refractivity contribution >= 4 is 22.8 Å². The van der Waals surface area contributed by atoms with Gasteiger partial charge in [0.15, 0.2) is 0 Å². The molecule has 1 amide bonds. The van der Waals surface area contributed by atoms with Gasteiger partial charge in [0.1, 0.15) is 0 Å². The first-order valence-corrected chi connectivity index (χ1v) is 13.3. The van der Waals surface area contributed by atoms with E-state index in [0.717, 1.165) is 76.6 Å². The van der Waals surface area contributed by atoms with Gasteiger partial charge < -0.3 is 14.2 Å². The Balaban J connectivity index is 1.37. The zero-order valence-corrected chi connectivity index (χ0v) is 21.2. The Labute approximate surface area is 208 Å². The number of rotatable bonds is 10. The molecule has 2 aliphatic rings. The maximum Gasteiger partial charge on any atom is 0.305 e. The Morgan fingerprint density at radius 1 is 1.14 bits per heavy atom. The van der Waals surface area contributed by atoms with Crippen molar-refractivity contribution in [1.29, 1.82) is 5.26 Å². The molecule has 0 N–H and O–H groups in total. The molecule has 2 fully saturated rings. The van der Waals surface area contributed by atoms with E-state index in [0.29, 0.717) is 18.6 Å². The third-order valence-electron chi connectivity index (χ3n) is 7.61. The van der Waals surface area contributed by atoms with E-state index < -0.39 is 0 Å². The van der Waals surface area contributed by atoms with Crippen LogP contribution in [0, 0.1) is 11.3 Å². The highest BCUT2D eigenvalue weighted by molar-refractivity contribution is 5.83. The maximum atomic E-state index is 13.6. The summed E-state index contributed by atoms with van der Waals surface area (Å²) in [5.41, 5.74) is 3.08. The summed E-state index contributed by atoms with van der Waals surface area (Å²) in [5, 5.41) is 10.4. The van der Waals surface area contributed by atoms with Crippen molar-refractivity contribution in [3.8, 4) is 6.07 Å². The van der Waals surface area contributed by atoms with E-state index in [2.05, 4.69) is 33.4 Å². The number of carbonyl (C=O) groups excluding carboxylic acids is 2. The molecule has 2 atom stereocenters. The summed E-state index contributed by atoms with van der Waals surface area (Å²) in [4.78, 5) is 29.7. The fraction of sp³-hybridized carbons (Fsp3) is 0.607. The molecule has 1 aromatic heterocycles. The lowest BCUT2D eigenvalue weighted by Gasteiger charge is -2.31. The van der Waals surface area contributed by atoms with Crippen molar-refractivity contribution in [1.82, 2.24) is 14.4 Å². The minimum atomic E-state index is -0.150. The minimum Gasteiger partial charge on any atom is -0.466 e. The number of benzene rings is 1. The first-order valence-electron chi connectivity index (χ1n) is 13.3. The molecule has 0 spiro atoms. The molecule has 188 valence electrons. The fourth-order valence-corrected chi connectivity index (χ4v) is 5.93. The Kier molecular flexibility index (Phi) is 8.46. The number of nitrogens with zero attached hydrogens (tertiary/aromatic N) is 4. The number of nitriles is 1. The van der Waals surface area contributed by atoms with E-state index in [4.69, 9.17) is 4.74 Å². The van der Waals surface area contributed by atoms with Crippen molar-refractivity contribution < 1.29 is 14.3 Å². The molecule has 1 aromatic carbocycles. The van der Waals surface area contributed by atoms with Crippen LogP contribution in [0.3, 0.4) is 0 Å². The Morgan fingerprint density at radius 3 is 2.74 bits per heavy atom. The third kappa shape index (κ3) is 5.70. The van der Waals surface area contributed by atoms with Crippen LogP contribution in [0.1, 0.15) is 70.1 Å². The highest BCUT2D eigenvalue weighted by Gasteiger charge is 2.37. The number of esters is 1. The number of likely N-dealkylation sites (tertiary alicyclic amines) is 2. The second-order valence-corrected chi connectivity index (χ2v) is 9.73. The molecule has 3 heterocycles. The quantitative estimate of drug-likeness (QED) is 0.477. The molecule has 7 heteroatoms. The Hall–Kier alpha value is -2.85. The van der Waals surface area contributed by atoms with Crippen molar-refractivity contribution in [3.05, 3.63) is 35.5 Å². The Morgan fingerprint density at radius 2 is 1.97 bits per heavy atom. The predicted octanol–water partition coefficient (Wildman–Crippen LogP) is 4.26. The number of hydrogen-bond donors (Lipinski definition) is 0. The van der Waals surface area contributed by atoms with Gasteiger partial charge in [-0.1, -0.05) is 6.07 Å². The zero-order valence-electron chi connectivity index (χ0n) is 21.2. The number of aryl methyl sites for hydroxylation is 2. The zero-order chi connectivity index (χ0) is 24.8. The fourth-order valence-electron chi connectivity index (χ4n) is 5.93. The number of amides is 1. The molecule has 4 rings (SSSR count). The maximum absolute atomic E-state index is 13.6. The summed E-state index contributed by atoms with van der Waals surface area (Å²) in [7, 11) is 0. The Bertz CT molecular complexity index is 1090. The van der Waals surface area contributed by atoms with Crippen molar-refractivity contribution in [2.45, 2.75) is 83.8 Å². The molecule has 2 saturated heterocycles. The number of hydrogen-bond acceptors (Lipinski definition) is 5. The lowest BCUT2D eigenvalue weighted by Crippen LogP contribution is -2.47. The van der Waals surface area contributed by atoms with Gasteiger partial charge in [-0.05, 0) is 95.5 Å². The second kappa shape index (κ2) is 11.7. The van der Waals surface area contributed by atoms with Gasteiger partial charge in [-0.15, -0.1) is 0 Å². The lowest BCUT2D eigenvalue weighted by atomic mass is 10.1. The van der Waals surface area contributed by atoms with E-state index in [1.807, 2.05) is 25.1 Å². The van der Waals surface area contributed by atoms with Gasteiger partial charge in [0.05, 0.1) is 24.3 Å². The van der Waals surface area contributed by atoms with Gasteiger partial charge in [0.25, 0.3) is 0 Å². The van der Waals surface area contributed by atoms with Crippen molar-refractivity contribution in [3.63, 3.8) is 0 Å². The molecule has 2 aromatic rings. The summed E-state index contributed by atoms with van der Waals surface area (Å²) >= 11 is 0. The monoisotopic (exact) mass is 478 g/mol. The van der Waals surface area contributed by atoms with Crippen LogP contribution in [0.5, 0.6) is 0 Å². The van der Waals surface area contributed by atoms with Gasteiger partial charge in [-0.2, -0.15) is 5.26 Å². The first-order chi connectivity index (χ1) is 17.0. The minimum absolute atomic E-state index is 0.0516. The summed E-state index contributed by atoms with van der Waals surface area (Å²) in [5.74, 6) is 0.123. The van der Waals surface area contributed by atoms with Crippen LogP contribution in [0.15, 0.2) is 24.3 Å². The van der Waals surface area contributed by atoms with E-state index in [1.54, 1.807) is 0 Å².